The van der Waals surface area contributed by atoms with Crippen molar-refractivity contribution < 1.29 is 9.18 Å². The first-order chi connectivity index (χ1) is 16.8. The molecule has 1 aliphatic heterocycles. The van der Waals surface area contributed by atoms with E-state index in [1.165, 1.54) is 16.8 Å². The fourth-order valence-electron chi connectivity index (χ4n) is 4.60. The number of amides is 2. The molecule has 0 aliphatic carbocycles. The molecule has 2 N–H and O–H groups in total. The largest absolute Gasteiger partial charge is 0.369 e. The molecule has 0 saturated carbocycles. The molecule has 8 nitrogen and oxygen atoms in total. The third kappa shape index (κ3) is 5.09. The lowest BCUT2D eigenvalue weighted by Gasteiger charge is -2.37. The molecular formula is C26H33FN6O2. The van der Waals surface area contributed by atoms with Gasteiger partial charge in [-0.2, -0.15) is 0 Å². The number of benzene rings is 2. The van der Waals surface area contributed by atoms with Crippen molar-refractivity contribution in [3.05, 3.63) is 76.0 Å². The molecular weight excluding hydrogens is 447 g/mol. The minimum Gasteiger partial charge on any atom is -0.369 e. The molecule has 3 aromatic rings. The molecule has 0 bridgehead atoms. The molecule has 186 valence electrons. The van der Waals surface area contributed by atoms with Gasteiger partial charge in [0.15, 0.2) is 0 Å². The van der Waals surface area contributed by atoms with Gasteiger partial charge in [0.05, 0.1) is 17.4 Å². The van der Waals surface area contributed by atoms with Gasteiger partial charge in [0.25, 0.3) is 5.56 Å². The Morgan fingerprint density at radius 2 is 1.77 bits per heavy atom. The Morgan fingerprint density at radius 3 is 2.43 bits per heavy atom. The summed E-state index contributed by atoms with van der Waals surface area (Å²) >= 11 is 0. The van der Waals surface area contributed by atoms with Crippen molar-refractivity contribution in [2.45, 2.75) is 26.8 Å². The number of hydrogen-bond donors (Lipinski definition) is 2. The quantitative estimate of drug-likeness (QED) is 0.565. The van der Waals surface area contributed by atoms with E-state index in [0.29, 0.717) is 16.9 Å². The highest BCUT2D eigenvalue weighted by Gasteiger charge is 2.23. The number of piperazine rings is 1. The monoisotopic (exact) mass is 480 g/mol. The number of carbonyl (C=O) groups excluding carboxylic acids is 1. The van der Waals surface area contributed by atoms with E-state index in [0.717, 1.165) is 38.4 Å². The van der Waals surface area contributed by atoms with Gasteiger partial charge in [0, 0.05) is 44.5 Å². The summed E-state index contributed by atoms with van der Waals surface area (Å²) in [5, 5.41) is 5.60. The molecule has 1 atom stereocenters. The van der Waals surface area contributed by atoms with Crippen LogP contribution in [0.25, 0.3) is 5.69 Å². The van der Waals surface area contributed by atoms with Gasteiger partial charge in [0.1, 0.15) is 11.5 Å². The molecule has 1 aliphatic rings. The Hall–Kier alpha value is -3.59. The fourth-order valence-corrected chi connectivity index (χ4v) is 4.60. The number of urea groups is 1. The highest BCUT2D eigenvalue weighted by molar-refractivity contribution is 5.90. The van der Waals surface area contributed by atoms with Crippen molar-refractivity contribution in [1.29, 1.82) is 0 Å². The molecule has 0 spiro atoms. The zero-order chi connectivity index (χ0) is 25.1. The Morgan fingerprint density at radius 1 is 1.09 bits per heavy atom. The van der Waals surface area contributed by atoms with Crippen molar-refractivity contribution in [3.63, 3.8) is 0 Å². The number of carbonyl (C=O) groups is 1. The van der Waals surface area contributed by atoms with Gasteiger partial charge in [0.2, 0.25) is 0 Å². The summed E-state index contributed by atoms with van der Waals surface area (Å²) < 4.78 is 17.4. The first-order valence-electron chi connectivity index (χ1n) is 12.0. The lowest BCUT2D eigenvalue weighted by atomic mass is 10.0. The maximum atomic E-state index is 14.2. The minimum atomic E-state index is -0.519. The molecule has 1 saturated heterocycles. The molecule has 2 amide bonds. The van der Waals surface area contributed by atoms with E-state index in [-0.39, 0.29) is 17.1 Å². The lowest BCUT2D eigenvalue weighted by molar-refractivity contribution is 0.249. The summed E-state index contributed by atoms with van der Waals surface area (Å²) in [7, 11) is 1.77. The number of hydrogen-bond acceptors (Lipinski definition) is 4. The number of likely N-dealkylation sites (N-methyl/N-ethyl adjacent to an activating group) is 1. The Bertz CT molecular complexity index is 1240. The molecule has 9 heteroatoms. The minimum absolute atomic E-state index is 0.205. The summed E-state index contributed by atoms with van der Waals surface area (Å²) in [5.41, 5.74) is 2.84. The molecule has 1 aromatic heterocycles. The van der Waals surface area contributed by atoms with E-state index in [4.69, 9.17) is 0 Å². The summed E-state index contributed by atoms with van der Waals surface area (Å²) in [5.74, 6) is -0.352. The van der Waals surface area contributed by atoms with Crippen LogP contribution in [0, 0.1) is 12.7 Å². The number of anilines is 2. The summed E-state index contributed by atoms with van der Waals surface area (Å²) in [6, 6.07) is 13.0. The van der Waals surface area contributed by atoms with E-state index in [9.17, 15) is 14.0 Å². The van der Waals surface area contributed by atoms with E-state index < -0.39 is 12.1 Å². The number of halogens is 1. The van der Waals surface area contributed by atoms with E-state index in [1.54, 1.807) is 24.7 Å². The van der Waals surface area contributed by atoms with E-state index in [2.05, 4.69) is 27.4 Å². The van der Waals surface area contributed by atoms with Gasteiger partial charge < -0.3 is 20.4 Å². The van der Waals surface area contributed by atoms with Crippen LogP contribution in [0.2, 0.25) is 0 Å². The molecule has 1 unspecified atom stereocenters. The van der Waals surface area contributed by atoms with Gasteiger partial charge >= 0.3 is 6.03 Å². The predicted octanol–water partition coefficient (Wildman–Crippen LogP) is 3.65. The van der Waals surface area contributed by atoms with Gasteiger partial charge in [-0.3, -0.25) is 9.48 Å². The van der Waals surface area contributed by atoms with Crippen molar-refractivity contribution in [2.75, 3.05) is 42.9 Å². The van der Waals surface area contributed by atoms with Gasteiger partial charge in [-0.15, -0.1) is 0 Å². The summed E-state index contributed by atoms with van der Waals surface area (Å²) in [6.45, 7) is 10.3. The fraction of sp³-hybridized carbons (Fsp3) is 0.385. The van der Waals surface area contributed by atoms with Crippen LogP contribution in [0.5, 0.6) is 0 Å². The second-order valence-electron chi connectivity index (χ2n) is 8.88. The lowest BCUT2D eigenvalue weighted by Crippen LogP contribution is -2.46. The third-order valence-electron chi connectivity index (χ3n) is 6.76. The smallest absolute Gasteiger partial charge is 0.319 e. The topological polar surface area (TPSA) is 74.5 Å². The zero-order valence-corrected chi connectivity index (χ0v) is 20.7. The van der Waals surface area contributed by atoms with Crippen LogP contribution in [0.1, 0.15) is 31.1 Å². The van der Waals surface area contributed by atoms with Crippen molar-refractivity contribution >= 4 is 17.4 Å². The van der Waals surface area contributed by atoms with Gasteiger partial charge in [-0.05, 0) is 50.7 Å². The number of para-hydroxylation sites is 1. The number of aromatic nitrogens is 2. The summed E-state index contributed by atoms with van der Waals surface area (Å²) in [4.78, 5) is 30.6. The van der Waals surface area contributed by atoms with Crippen molar-refractivity contribution in [2.24, 2.45) is 7.05 Å². The molecule has 4 rings (SSSR count). The average Bonchev–Trinajstić information content (AvgIpc) is 3.07. The van der Waals surface area contributed by atoms with Crippen LogP contribution in [-0.4, -0.2) is 53.0 Å². The first kappa shape index (κ1) is 24.5. The second-order valence-corrected chi connectivity index (χ2v) is 8.88. The van der Waals surface area contributed by atoms with Crippen LogP contribution in [-0.2, 0) is 7.05 Å². The molecule has 2 aromatic carbocycles. The highest BCUT2D eigenvalue weighted by atomic mass is 19.1. The van der Waals surface area contributed by atoms with Crippen LogP contribution in [0.3, 0.4) is 0 Å². The molecule has 1 fully saturated rings. The van der Waals surface area contributed by atoms with Gasteiger partial charge in [-0.1, -0.05) is 25.1 Å². The van der Waals surface area contributed by atoms with Crippen LogP contribution >= 0.6 is 0 Å². The Kier molecular flexibility index (Phi) is 7.25. The Balaban J connectivity index is 1.52. The highest BCUT2D eigenvalue weighted by Crippen LogP contribution is 2.28. The second kappa shape index (κ2) is 10.4. The number of rotatable bonds is 6. The molecule has 2 heterocycles. The Labute approximate surface area is 204 Å². The van der Waals surface area contributed by atoms with Gasteiger partial charge in [-0.25, -0.2) is 13.9 Å². The van der Waals surface area contributed by atoms with E-state index >= 15 is 0 Å². The normalized spacial score (nSPS) is 15.2. The molecule has 0 radical (unpaired) electrons. The SMILES string of the molecule is CCN1CCN(c2ccc(F)cc2C(C)NC(=O)Nc2c(C)n(C)n(-c3ccccc3)c2=O)CC1. The number of nitrogens with one attached hydrogen (secondary N) is 2. The standard InChI is InChI=1S/C26H33FN6O2/c1-5-31-13-15-32(16-14-31)23-12-11-20(27)17-22(23)18(2)28-26(35)29-24-19(3)30(4)33(25(24)34)21-9-7-6-8-10-21/h6-12,17-18H,5,13-16H2,1-4H3,(H2,28,29,35). The van der Waals surface area contributed by atoms with Crippen LogP contribution in [0.4, 0.5) is 20.6 Å². The zero-order valence-electron chi connectivity index (χ0n) is 20.7. The van der Waals surface area contributed by atoms with Crippen molar-refractivity contribution in [3.8, 4) is 5.69 Å². The van der Waals surface area contributed by atoms with E-state index in [1.807, 2.05) is 37.3 Å². The maximum Gasteiger partial charge on any atom is 0.319 e. The first-order valence-corrected chi connectivity index (χ1v) is 12.0. The van der Waals surface area contributed by atoms with Crippen LogP contribution in [0.15, 0.2) is 53.3 Å². The molecule has 35 heavy (non-hydrogen) atoms. The summed E-state index contributed by atoms with van der Waals surface area (Å²) in [6.07, 6.45) is 0. The van der Waals surface area contributed by atoms with Crippen LogP contribution < -0.4 is 21.1 Å². The third-order valence-corrected chi connectivity index (χ3v) is 6.76. The maximum absolute atomic E-state index is 14.2. The number of nitrogens with zero attached hydrogens (tertiary/aromatic N) is 4. The van der Waals surface area contributed by atoms with Crippen molar-refractivity contribution in [1.82, 2.24) is 19.6 Å². The predicted molar refractivity (Wildman–Crippen MR) is 137 cm³/mol. The average molecular weight is 481 g/mol.